The molecule has 5 heteroatoms. The Bertz CT molecular complexity index is 497. The first kappa shape index (κ1) is 11.4. The van der Waals surface area contributed by atoms with Gasteiger partial charge < -0.3 is 9.85 Å². The maximum absolute atomic E-state index is 13.1. The topological polar surface area (TPSA) is 40.1 Å². The summed E-state index contributed by atoms with van der Waals surface area (Å²) in [7, 11) is 0.248. The number of fused-ring (bicyclic) bond motifs is 1. The lowest BCUT2D eigenvalue weighted by Gasteiger charge is -2.38. The standard InChI is InChI=1S/C11H12FNO2S/c1-13(14)7-10(16(2)15)5-8-3-4-9(12)6-11(8)13/h3-4,6-7H,5H2,1-2H3. The van der Waals surface area contributed by atoms with E-state index < -0.39 is 21.3 Å². The molecule has 2 rings (SSSR count). The van der Waals surface area contributed by atoms with Crippen LogP contribution in [0.3, 0.4) is 0 Å². The lowest BCUT2D eigenvalue weighted by molar-refractivity contribution is 0.565. The molecular weight excluding hydrogens is 229 g/mol. The van der Waals surface area contributed by atoms with Crippen molar-refractivity contribution >= 4 is 16.5 Å². The van der Waals surface area contributed by atoms with Gasteiger partial charge in [0.2, 0.25) is 0 Å². The lowest BCUT2D eigenvalue weighted by atomic mass is 10.1. The van der Waals surface area contributed by atoms with Gasteiger partial charge in [0.25, 0.3) is 0 Å². The minimum atomic E-state index is -1.16. The molecule has 0 N–H and O–H groups in total. The van der Waals surface area contributed by atoms with E-state index in [9.17, 15) is 13.8 Å². The normalized spacial score (nSPS) is 25.9. The summed E-state index contributed by atoms with van der Waals surface area (Å²) in [6, 6.07) is 4.15. The molecular formula is C11H12FNO2S. The number of benzene rings is 1. The van der Waals surface area contributed by atoms with Crippen LogP contribution >= 0.6 is 0 Å². The molecule has 86 valence electrons. The molecule has 1 aliphatic rings. The van der Waals surface area contributed by atoms with Crippen LogP contribution in [0.4, 0.5) is 10.1 Å². The van der Waals surface area contributed by atoms with Crippen LogP contribution < -0.4 is 4.65 Å². The van der Waals surface area contributed by atoms with Crippen LogP contribution in [0.5, 0.6) is 0 Å². The van der Waals surface area contributed by atoms with Crippen molar-refractivity contribution in [2.45, 2.75) is 6.42 Å². The number of rotatable bonds is 1. The van der Waals surface area contributed by atoms with Gasteiger partial charge in [0.1, 0.15) is 17.7 Å². The highest BCUT2D eigenvalue weighted by molar-refractivity contribution is 7.88. The number of allylic oxidation sites excluding steroid dienone is 1. The zero-order valence-electron chi connectivity index (χ0n) is 9.07. The van der Waals surface area contributed by atoms with Crippen molar-refractivity contribution in [2.24, 2.45) is 0 Å². The first-order valence-electron chi connectivity index (χ1n) is 4.81. The van der Waals surface area contributed by atoms with Gasteiger partial charge in [-0.05, 0) is 12.1 Å². The fourth-order valence-corrected chi connectivity index (χ4v) is 2.56. The number of hydrogen-bond acceptors (Lipinski definition) is 2. The second-order valence-corrected chi connectivity index (χ2v) is 5.42. The van der Waals surface area contributed by atoms with Crippen molar-refractivity contribution in [3.8, 4) is 0 Å². The molecule has 1 aromatic carbocycles. The Balaban J connectivity index is 2.56. The molecule has 0 aliphatic carbocycles. The van der Waals surface area contributed by atoms with E-state index in [0.29, 0.717) is 17.0 Å². The van der Waals surface area contributed by atoms with Crippen LogP contribution in [0.2, 0.25) is 0 Å². The van der Waals surface area contributed by atoms with Gasteiger partial charge in [-0.25, -0.2) is 4.39 Å². The van der Waals surface area contributed by atoms with Gasteiger partial charge in [-0.3, -0.25) is 4.21 Å². The van der Waals surface area contributed by atoms with E-state index in [1.807, 2.05) is 0 Å². The lowest BCUT2D eigenvalue weighted by Crippen LogP contribution is -2.36. The molecule has 0 amide bonds. The van der Waals surface area contributed by atoms with Gasteiger partial charge in [-0.15, -0.1) is 0 Å². The van der Waals surface area contributed by atoms with E-state index >= 15 is 0 Å². The Hall–Kier alpha value is -1.04. The molecule has 16 heavy (non-hydrogen) atoms. The molecule has 0 spiro atoms. The molecule has 0 saturated carbocycles. The van der Waals surface area contributed by atoms with E-state index in [2.05, 4.69) is 0 Å². The smallest absolute Gasteiger partial charge is 0.143 e. The van der Waals surface area contributed by atoms with Crippen LogP contribution in [-0.4, -0.2) is 17.5 Å². The summed E-state index contributed by atoms with van der Waals surface area (Å²) in [5.74, 6) is -0.423. The van der Waals surface area contributed by atoms with Crippen molar-refractivity contribution < 1.29 is 8.60 Å². The molecule has 1 aliphatic heterocycles. The summed E-state index contributed by atoms with van der Waals surface area (Å²) in [6.07, 6.45) is 3.38. The Morgan fingerprint density at radius 2 is 2.19 bits per heavy atom. The third-order valence-electron chi connectivity index (χ3n) is 2.65. The quantitative estimate of drug-likeness (QED) is 0.557. The maximum Gasteiger partial charge on any atom is 0.143 e. The highest BCUT2D eigenvalue weighted by atomic mass is 32.2. The minimum absolute atomic E-state index is 0.384. The molecule has 3 nitrogen and oxygen atoms in total. The third-order valence-corrected chi connectivity index (χ3v) is 3.64. The van der Waals surface area contributed by atoms with E-state index in [4.69, 9.17) is 0 Å². The number of quaternary nitrogens is 1. The number of nitrogens with zero attached hydrogens (tertiary/aromatic N) is 1. The summed E-state index contributed by atoms with van der Waals surface area (Å²) < 4.78 is 23.6. The summed E-state index contributed by atoms with van der Waals surface area (Å²) >= 11 is 0. The molecule has 0 fully saturated rings. The monoisotopic (exact) mass is 241 g/mol. The largest absolute Gasteiger partial charge is 0.622 e. The molecule has 0 saturated heterocycles. The predicted octanol–water partition coefficient (Wildman–Crippen LogP) is 2.04. The molecule has 0 radical (unpaired) electrons. The summed E-state index contributed by atoms with van der Waals surface area (Å²) in [6.45, 7) is 0. The summed E-state index contributed by atoms with van der Waals surface area (Å²) in [5.41, 5.74) is 1.13. The van der Waals surface area contributed by atoms with Gasteiger partial charge >= 0.3 is 0 Å². The Labute approximate surface area is 95.8 Å². The van der Waals surface area contributed by atoms with Crippen LogP contribution in [-0.2, 0) is 17.2 Å². The van der Waals surface area contributed by atoms with Crippen LogP contribution in [0, 0.1) is 11.0 Å². The molecule has 0 aromatic heterocycles. The SMILES string of the molecule is CS(=O)C1=C[N+](C)([O-])c2cc(F)ccc2C1. The first-order valence-corrected chi connectivity index (χ1v) is 6.37. The molecule has 1 aromatic rings. The second kappa shape index (κ2) is 3.76. The van der Waals surface area contributed by atoms with Crippen molar-refractivity contribution in [1.29, 1.82) is 0 Å². The van der Waals surface area contributed by atoms with Crippen molar-refractivity contribution in [2.75, 3.05) is 13.3 Å². The van der Waals surface area contributed by atoms with Gasteiger partial charge in [0.05, 0.1) is 22.8 Å². The van der Waals surface area contributed by atoms with Gasteiger partial charge in [0, 0.05) is 24.3 Å². The van der Waals surface area contributed by atoms with Gasteiger partial charge in [0.15, 0.2) is 0 Å². The van der Waals surface area contributed by atoms with Gasteiger partial charge in [-0.1, -0.05) is 0 Å². The van der Waals surface area contributed by atoms with Crippen LogP contribution in [0.1, 0.15) is 5.56 Å². The first-order chi connectivity index (χ1) is 7.40. The summed E-state index contributed by atoms with van der Waals surface area (Å²) in [4.78, 5) is 0.594. The van der Waals surface area contributed by atoms with Crippen LogP contribution in [0.15, 0.2) is 29.3 Å². The zero-order chi connectivity index (χ0) is 11.9. The fourth-order valence-electron chi connectivity index (χ4n) is 1.85. The van der Waals surface area contributed by atoms with Crippen molar-refractivity contribution in [3.63, 3.8) is 0 Å². The highest BCUT2D eigenvalue weighted by Crippen LogP contribution is 2.34. The highest BCUT2D eigenvalue weighted by Gasteiger charge is 2.26. The van der Waals surface area contributed by atoms with Crippen molar-refractivity contribution in [3.05, 3.63) is 45.9 Å². The van der Waals surface area contributed by atoms with Gasteiger partial charge in [-0.2, -0.15) is 0 Å². The maximum atomic E-state index is 13.1. The second-order valence-electron chi connectivity index (χ2n) is 3.99. The predicted molar refractivity (Wildman–Crippen MR) is 63.3 cm³/mol. The molecule has 0 bridgehead atoms. The molecule has 1 heterocycles. The zero-order valence-corrected chi connectivity index (χ0v) is 9.88. The third kappa shape index (κ3) is 1.93. The van der Waals surface area contributed by atoms with E-state index in [1.165, 1.54) is 25.4 Å². The summed E-state index contributed by atoms with van der Waals surface area (Å²) in [5, 5.41) is 12.2. The molecule has 2 atom stereocenters. The van der Waals surface area contributed by atoms with E-state index in [1.54, 1.807) is 12.3 Å². The fraction of sp³-hybridized carbons (Fsp3) is 0.273. The average Bonchev–Trinajstić information content (AvgIpc) is 2.18. The van der Waals surface area contributed by atoms with E-state index in [0.717, 1.165) is 5.56 Å². The Kier molecular flexibility index (Phi) is 2.69. The van der Waals surface area contributed by atoms with Crippen LogP contribution in [0.25, 0.3) is 0 Å². The molecule has 2 unspecified atom stereocenters. The van der Waals surface area contributed by atoms with Crippen molar-refractivity contribution in [1.82, 2.24) is 4.65 Å². The average molecular weight is 241 g/mol. The number of hydroxylamine groups is 2. The number of hydrogen-bond donors (Lipinski definition) is 0. The Morgan fingerprint density at radius 1 is 1.50 bits per heavy atom. The van der Waals surface area contributed by atoms with E-state index in [-0.39, 0.29) is 0 Å². The minimum Gasteiger partial charge on any atom is -0.622 e. The number of halogens is 1. The Morgan fingerprint density at radius 3 is 2.81 bits per heavy atom.